The van der Waals surface area contributed by atoms with Crippen LogP contribution >= 0.6 is 0 Å². The van der Waals surface area contributed by atoms with E-state index in [0.29, 0.717) is 12.0 Å². The van der Waals surface area contributed by atoms with E-state index < -0.39 is 11.6 Å². The van der Waals surface area contributed by atoms with Crippen molar-refractivity contribution >= 4 is 12.2 Å². The molecule has 0 aliphatic heterocycles. The number of hydrogen-bond donors (Lipinski definition) is 0. The first-order chi connectivity index (χ1) is 12.5. The van der Waals surface area contributed by atoms with Crippen LogP contribution in [-0.4, -0.2) is 0 Å². The van der Waals surface area contributed by atoms with Crippen LogP contribution in [0.1, 0.15) is 29.2 Å². The summed E-state index contributed by atoms with van der Waals surface area (Å²) in [5.41, 5.74) is 3.73. The molecule has 0 spiro atoms. The van der Waals surface area contributed by atoms with Crippen LogP contribution in [0.2, 0.25) is 0 Å². The molecule has 3 aromatic carbocycles. The Labute approximate surface area is 151 Å². The van der Waals surface area contributed by atoms with E-state index in [-0.39, 0.29) is 16.9 Å². The van der Waals surface area contributed by atoms with Gasteiger partial charge in [-0.2, -0.15) is 0 Å². The van der Waals surface area contributed by atoms with Crippen molar-refractivity contribution in [2.24, 2.45) is 0 Å². The lowest BCUT2D eigenvalue weighted by molar-refractivity contribution is 0.501. The molecular formula is C23H19F3. The lowest BCUT2D eigenvalue weighted by Gasteiger charge is -2.06. The largest absolute Gasteiger partial charge is 0.207 e. The molecule has 0 saturated carbocycles. The summed E-state index contributed by atoms with van der Waals surface area (Å²) in [6, 6.07) is 15.8. The summed E-state index contributed by atoms with van der Waals surface area (Å²) in [6.07, 6.45) is 3.92. The maximum absolute atomic E-state index is 13.9. The van der Waals surface area contributed by atoms with Gasteiger partial charge in [-0.1, -0.05) is 67.6 Å². The summed E-state index contributed by atoms with van der Waals surface area (Å²) in [5.74, 6) is -1.87. The molecule has 3 heteroatoms. The first-order valence-electron chi connectivity index (χ1n) is 8.51. The maximum Gasteiger partial charge on any atom is 0.166 e. The van der Waals surface area contributed by atoms with Gasteiger partial charge in [-0.15, -0.1) is 0 Å². The number of benzene rings is 3. The molecule has 0 bridgehead atoms. The molecule has 0 heterocycles. The Bertz CT molecular complexity index is 954. The minimum absolute atomic E-state index is 0.203. The van der Waals surface area contributed by atoms with Crippen molar-refractivity contribution in [1.29, 1.82) is 0 Å². The van der Waals surface area contributed by atoms with Crippen LogP contribution in [-0.2, 0) is 6.42 Å². The van der Waals surface area contributed by atoms with Gasteiger partial charge in [0.05, 0.1) is 0 Å². The van der Waals surface area contributed by atoms with Gasteiger partial charge < -0.3 is 0 Å². The highest BCUT2D eigenvalue weighted by Gasteiger charge is 2.08. The minimum Gasteiger partial charge on any atom is -0.207 e. The average Bonchev–Trinajstić information content (AvgIpc) is 2.66. The Kier molecular flexibility index (Phi) is 5.27. The van der Waals surface area contributed by atoms with Gasteiger partial charge in [-0.3, -0.25) is 0 Å². The van der Waals surface area contributed by atoms with Gasteiger partial charge in [-0.05, 0) is 47.2 Å². The van der Waals surface area contributed by atoms with Crippen molar-refractivity contribution in [3.63, 3.8) is 0 Å². The van der Waals surface area contributed by atoms with Gasteiger partial charge in [-0.25, -0.2) is 13.2 Å². The molecule has 0 N–H and O–H groups in total. The van der Waals surface area contributed by atoms with E-state index >= 15 is 0 Å². The van der Waals surface area contributed by atoms with Crippen molar-refractivity contribution in [2.45, 2.75) is 20.3 Å². The summed E-state index contributed by atoms with van der Waals surface area (Å²) in [5, 5.41) is 0. The number of rotatable bonds is 4. The zero-order valence-corrected chi connectivity index (χ0v) is 14.7. The molecule has 0 nitrogen and oxygen atoms in total. The van der Waals surface area contributed by atoms with Gasteiger partial charge in [0.25, 0.3) is 0 Å². The fourth-order valence-corrected chi connectivity index (χ4v) is 2.78. The van der Waals surface area contributed by atoms with Crippen LogP contribution in [0, 0.1) is 24.4 Å². The lowest BCUT2D eigenvalue weighted by atomic mass is 10.0. The van der Waals surface area contributed by atoms with Crippen molar-refractivity contribution in [3.05, 3.63) is 94.3 Å². The van der Waals surface area contributed by atoms with Crippen LogP contribution in [0.4, 0.5) is 13.2 Å². The van der Waals surface area contributed by atoms with Crippen LogP contribution < -0.4 is 0 Å². The third-order valence-corrected chi connectivity index (χ3v) is 4.44. The Hall–Kier alpha value is -2.81. The molecule has 26 heavy (non-hydrogen) atoms. The van der Waals surface area contributed by atoms with E-state index in [1.807, 2.05) is 37.3 Å². The topological polar surface area (TPSA) is 0 Å². The summed E-state index contributed by atoms with van der Waals surface area (Å²) in [6.45, 7) is 3.45. The summed E-state index contributed by atoms with van der Waals surface area (Å²) >= 11 is 0. The lowest BCUT2D eigenvalue weighted by Crippen LogP contribution is -1.92. The number of aryl methyl sites for hydroxylation is 2. The van der Waals surface area contributed by atoms with E-state index in [1.54, 1.807) is 30.4 Å². The zero-order chi connectivity index (χ0) is 18.7. The Balaban J connectivity index is 1.82. The van der Waals surface area contributed by atoms with E-state index in [4.69, 9.17) is 0 Å². The van der Waals surface area contributed by atoms with Crippen molar-refractivity contribution in [1.82, 2.24) is 0 Å². The van der Waals surface area contributed by atoms with Crippen molar-refractivity contribution < 1.29 is 13.2 Å². The molecule has 0 aliphatic rings. The summed E-state index contributed by atoms with van der Waals surface area (Å²) in [4.78, 5) is 0. The second-order valence-electron chi connectivity index (χ2n) is 6.21. The summed E-state index contributed by atoms with van der Waals surface area (Å²) < 4.78 is 41.4. The molecule has 0 saturated heterocycles. The van der Waals surface area contributed by atoms with Crippen LogP contribution in [0.25, 0.3) is 23.3 Å². The molecule has 132 valence electrons. The minimum atomic E-state index is -0.843. The normalized spacial score (nSPS) is 11.3. The molecule has 0 atom stereocenters. The highest BCUT2D eigenvalue weighted by Crippen LogP contribution is 2.24. The van der Waals surface area contributed by atoms with E-state index in [9.17, 15) is 13.2 Å². The first kappa shape index (κ1) is 18.0. The second kappa shape index (κ2) is 7.61. The van der Waals surface area contributed by atoms with E-state index in [0.717, 1.165) is 16.7 Å². The van der Waals surface area contributed by atoms with E-state index in [2.05, 4.69) is 0 Å². The smallest absolute Gasteiger partial charge is 0.166 e. The van der Waals surface area contributed by atoms with Crippen molar-refractivity contribution in [2.75, 3.05) is 0 Å². The molecule has 3 aromatic rings. The fourth-order valence-electron chi connectivity index (χ4n) is 2.78. The fraction of sp³-hybridized carbons (Fsp3) is 0.130. The van der Waals surface area contributed by atoms with E-state index in [1.165, 1.54) is 13.0 Å². The molecule has 0 unspecified atom stereocenters. The second-order valence-corrected chi connectivity index (χ2v) is 6.21. The Morgan fingerprint density at radius 3 is 2.12 bits per heavy atom. The highest BCUT2D eigenvalue weighted by molar-refractivity contribution is 5.72. The molecule has 3 rings (SSSR count). The zero-order valence-electron chi connectivity index (χ0n) is 14.7. The number of hydrogen-bond acceptors (Lipinski definition) is 0. The van der Waals surface area contributed by atoms with Crippen LogP contribution in [0.15, 0.2) is 54.6 Å². The summed E-state index contributed by atoms with van der Waals surface area (Å²) in [7, 11) is 0. The number of halogens is 3. The van der Waals surface area contributed by atoms with Crippen LogP contribution in [0.3, 0.4) is 0 Å². The van der Waals surface area contributed by atoms with Gasteiger partial charge >= 0.3 is 0 Å². The predicted molar refractivity (Wildman–Crippen MR) is 101 cm³/mol. The molecule has 0 aromatic heterocycles. The maximum atomic E-state index is 13.9. The van der Waals surface area contributed by atoms with Gasteiger partial charge in [0.2, 0.25) is 0 Å². The van der Waals surface area contributed by atoms with Crippen LogP contribution in [0.5, 0.6) is 0 Å². The Morgan fingerprint density at radius 2 is 1.46 bits per heavy atom. The predicted octanol–water partition coefficient (Wildman–Crippen LogP) is 6.81. The molecule has 0 aliphatic carbocycles. The molecular weight excluding hydrogens is 333 g/mol. The first-order valence-corrected chi connectivity index (χ1v) is 8.51. The monoisotopic (exact) mass is 352 g/mol. The SMILES string of the molecule is CCc1ccc(-c2ccc(C=Cc3ccc(C)c(F)c3F)cc2)cc1F. The van der Waals surface area contributed by atoms with Gasteiger partial charge in [0, 0.05) is 5.56 Å². The molecule has 0 radical (unpaired) electrons. The molecule has 0 fully saturated rings. The van der Waals surface area contributed by atoms with Gasteiger partial charge in [0.1, 0.15) is 5.82 Å². The standard InChI is InChI=1S/C23H19F3/c1-3-17-12-13-20(14-21(17)24)18-9-5-16(6-10-18)7-11-19-8-4-15(2)22(25)23(19)26/h4-14H,3H2,1-2H3. The average molecular weight is 352 g/mol. The third kappa shape index (κ3) is 3.72. The highest BCUT2D eigenvalue weighted by atomic mass is 19.2. The van der Waals surface area contributed by atoms with Gasteiger partial charge in [0.15, 0.2) is 11.6 Å². The third-order valence-electron chi connectivity index (χ3n) is 4.44. The quantitative estimate of drug-likeness (QED) is 0.452. The molecule has 0 amide bonds. The van der Waals surface area contributed by atoms with Crippen molar-refractivity contribution in [3.8, 4) is 11.1 Å². The Morgan fingerprint density at radius 1 is 0.769 bits per heavy atom.